The Bertz CT molecular complexity index is 507. The first kappa shape index (κ1) is 12.2. The van der Waals surface area contributed by atoms with Gasteiger partial charge in [-0.05, 0) is 23.6 Å². The van der Waals surface area contributed by atoms with E-state index in [1.807, 2.05) is 23.5 Å². The quantitative estimate of drug-likeness (QED) is 0.713. The molecule has 2 aromatic rings. The number of rotatable bonds is 1. The van der Waals surface area contributed by atoms with Crippen LogP contribution in [0.25, 0.3) is 0 Å². The molecule has 1 aliphatic heterocycles. The molecule has 2 heteroatoms. The minimum Gasteiger partial charge on any atom is -0.135 e. The molecule has 0 aromatic heterocycles. The molecule has 18 heavy (non-hydrogen) atoms. The second kappa shape index (κ2) is 5.02. The number of hydrogen-bond acceptors (Lipinski definition) is 2. The Morgan fingerprint density at radius 1 is 0.778 bits per heavy atom. The first-order valence-electron chi connectivity index (χ1n) is 6.18. The van der Waals surface area contributed by atoms with Gasteiger partial charge in [-0.2, -0.15) is 0 Å². The lowest BCUT2D eigenvalue weighted by atomic mass is 10.1. The van der Waals surface area contributed by atoms with E-state index in [1.165, 1.54) is 16.7 Å². The van der Waals surface area contributed by atoms with E-state index >= 15 is 0 Å². The van der Waals surface area contributed by atoms with Gasteiger partial charge in [-0.1, -0.05) is 54.6 Å². The van der Waals surface area contributed by atoms with Gasteiger partial charge in [0.05, 0.1) is 4.08 Å². The highest BCUT2D eigenvalue weighted by Gasteiger charge is 2.30. The fraction of sp³-hybridized carbons (Fsp3) is 0.250. The third kappa shape index (κ3) is 2.32. The van der Waals surface area contributed by atoms with Crippen molar-refractivity contribution >= 4 is 23.5 Å². The van der Waals surface area contributed by atoms with Crippen LogP contribution in [-0.2, 0) is 15.6 Å². The predicted octanol–water partition coefficient (Wildman–Crippen LogP) is 5.04. The summed E-state index contributed by atoms with van der Waals surface area (Å²) in [4.78, 5) is 0. The van der Waals surface area contributed by atoms with Crippen molar-refractivity contribution in [3.8, 4) is 0 Å². The van der Waals surface area contributed by atoms with Crippen LogP contribution >= 0.6 is 23.5 Å². The highest BCUT2D eigenvalue weighted by molar-refractivity contribution is 8.16. The zero-order valence-electron chi connectivity index (χ0n) is 10.4. The molecule has 0 radical (unpaired) electrons. The summed E-state index contributed by atoms with van der Waals surface area (Å²) < 4.78 is 0.167. The molecule has 0 N–H and O–H groups in total. The van der Waals surface area contributed by atoms with Crippen LogP contribution in [0.4, 0.5) is 0 Å². The van der Waals surface area contributed by atoms with Crippen LogP contribution in [0.2, 0.25) is 0 Å². The summed E-state index contributed by atoms with van der Waals surface area (Å²) in [5.74, 6) is 2.21. The molecule has 1 aliphatic rings. The predicted molar refractivity (Wildman–Crippen MR) is 82.8 cm³/mol. The molecule has 0 aliphatic carbocycles. The van der Waals surface area contributed by atoms with E-state index in [0.717, 1.165) is 11.5 Å². The number of benzene rings is 2. The lowest BCUT2D eigenvalue weighted by Crippen LogP contribution is -2.11. The van der Waals surface area contributed by atoms with Crippen LogP contribution < -0.4 is 0 Å². The van der Waals surface area contributed by atoms with Crippen LogP contribution in [-0.4, -0.2) is 0 Å². The van der Waals surface area contributed by atoms with Crippen molar-refractivity contribution in [2.75, 3.05) is 0 Å². The number of hydrogen-bond donors (Lipinski definition) is 0. The second-order valence-electron chi connectivity index (χ2n) is 4.66. The van der Waals surface area contributed by atoms with Crippen LogP contribution in [0, 0.1) is 0 Å². The van der Waals surface area contributed by atoms with E-state index in [-0.39, 0.29) is 4.08 Å². The average Bonchev–Trinajstić information content (AvgIpc) is 2.61. The zero-order chi connectivity index (χ0) is 12.4. The van der Waals surface area contributed by atoms with Gasteiger partial charge in [-0.25, -0.2) is 0 Å². The molecule has 0 spiro atoms. The van der Waals surface area contributed by atoms with Crippen LogP contribution in [0.5, 0.6) is 0 Å². The number of thioether (sulfide) groups is 2. The maximum Gasteiger partial charge on any atom is 0.0838 e. The van der Waals surface area contributed by atoms with Gasteiger partial charge in [0, 0.05) is 11.5 Å². The van der Waals surface area contributed by atoms with Crippen molar-refractivity contribution in [2.24, 2.45) is 0 Å². The molecule has 0 fully saturated rings. The van der Waals surface area contributed by atoms with Gasteiger partial charge in [0.2, 0.25) is 0 Å². The lowest BCUT2D eigenvalue weighted by molar-refractivity contribution is 1.01. The Morgan fingerprint density at radius 3 is 1.83 bits per heavy atom. The molecule has 0 atom stereocenters. The van der Waals surface area contributed by atoms with Gasteiger partial charge in [-0.15, -0.1) is 23.5 Å². The van der Waals surface area contributed by atoms with Gasteiger partial charge >= 0.3 is 0 Å². The Kier molecular flexibility index (Phi) is 3.40. The topological polar surface area (TPSA) is 0 Å². The molecule has 0 bridgehead atoms. The van der Waals surface area contributed by atoms with Crippen LogP contribution in [0.15, 0.2) is 54.6 Å². The minimum atomic E-state index is 0.167. The lowest BCUT2D eigenvalue weighted by Gasteiger charge is -2.27. The molecule has 2 aromatic carbocycles. The maximum absolute atomic E-state index is 2.35. The summed E-state index contributed by atoms with van der Waals surface area (Å²) in [6.07, 6.45) is 0. The Morgan fingerprint density at radius 2 is 1.28 bits per heavy atom. The smallest absolute Gasteiger partial charge is 0.0838 e. The third-order valence-corrected chi connectivity index (χ3v) is 6.61. The SMILES string of the molecule is CC1(c2ccccc2)SCc2ccccc2CS1. The molecule has 0 nitrogen and oxygen atoms in total. The fourth-order valence-corrected chi connectivity index (χ4v) is 4.94. The Hall–Kier alpha value is -0.860. The standard InChI is InChI=1S/C16H16S2/c1-16(15-9-3-2-4-10-15)17-11-13-7-5-6-8-14(13)12-18-16/h2-10H,11-12H2,1H3. The summed E-state index contributed by atoms with van der Waals surface area (Å²) in [6.45, 7) is 2.35. The van der Waals surface area contributed by atoms with Crippen molar-refractivity contribution in [2.45, 2.75) is 22.5 Å². The third-order valence-electron chi connectivity index (χ3n) is 3.42. The largest absolute Gasteiger partial charge is 0.135 e. The molecular formula is C16H16S2. The van der Waals surface area contributed by atoms with E-state index in [2.05, 4.69) is 61.5 Å². The molecule has 92 valence electrons. The molecule has 0 unspecified atom stereocenters. The first-order chi connectivity index (χ1) is 8.78. The highest BCUT2D eigenvalue weighted by atomic mass is 32.2. The molecule has 0 amide bonds. The summed E-state index contributed by atoms with van der Waals surface area (Å²) in [7, 11) is 0. The van der Waals surface area contributed by atoms with E-state index < -0.39 is 0 Å². The molecule has 0 saturated carbocycles. The summed E-state index contributed by atoms with van der Waals surface area (Å²) in [5.41, 5.74) is 4.41. The van der Waals surface area contributed by atoms with Crippen molar-refractivity contribution in [1.82, 2.24) is 0 Å². The van der Waals surface area contributed by atoms with Crippen LogP contribution in [0.3, 0.4) is 0 Å². The molecule has 0 saturated heterocycles. The first-order valence-corrected chi connectivity index (χ1v) is 8.15. The van der Waals surface area contributed by atoms with E-state index in [4.69, 9.17) is 0 Å². The van der Waals surface area contributed by atoms with Gasteiger partial charge in [0.25, 0.3) is 0 Å². The number of fused-ring (bicyclic) bond motifs is 1. The van der Waals surface area contributed by atoms with Gasteiger partial charge in [-0.3, -0.25) is 0 Å². The molecule has 1 heterocycles. The van der Waals surface area contributed by atoms with Gasteiger partial charge in [0.15, 0.2) is 0 Å². The zero-order valence-corrected chi connectivity index (χ0v) is 12.1. The van der Waals surface area contributed by atoms with E-state index in [1.54, 1.807) is 0 Å². The minimum absolute atomic E-state index is 0.167. The van der Waals surface area contributed by atoms with Gasteiger partial charge < -0.3 is 0 Å². The van der Waals surface area contributed by atoms with Crippen molar-refractivity contribution in [3.63, 3.8) is 0 Å². The summed E-state index contributed by atoms with van der Waals surface area (Å²) in [6, 6.07) is 19.7. The maximum atomic E-state index is 2.35. The van der Waals surface area contributed by atoms with Crippen molar-refractivity contribution in [3.05, 3.63) is 71.3 Å². The van der Waals surface area contributed by atoms with Crippen molar-refractivity contribution in [1.29, 1.82) is 0 Å². The highest BCUT2D eigenvalue weighted by Crippen LogP contribution is 2.51. The van der Waals surface area contributed by atoms with Gasteiger partial charge in [0.1, 0.15) is 0 Å². The monoisotopic (exact) mass is 272 g/mol. The molecule has 3 rings (SSSR count). The molecular weight excluding hydrogens is 256 g/mol. The normalized spacial score (nSPS) is 17.8. The fourth-order valence-electron chi connectivity index (χ4n) is 2.22. The summed E-state index contributed by atoms with van der Waals surface area (Å²) >= 11 is 4.09. The van der Waals surface area contributed by atoms with E-state index in [9.17, 15) is 0 Å². The average molecular weight is 272 g/mol. The summed E-state index contributed by atoms with van der Waals surface area (Å²) in [5, 5.41) is 0. The van der Waals surface area contributed by atoms with Crippen molar-refractivity contribution < 1.29 is 0 Å². The Balaban J connectivity index is 1.91. The second-order valence-corrected chi connectivity index (χ2v) is 7.70. The van der Waals surface area contributed by atoms with E-state index in [0.29, 0.717) is 0 Å². The van der Waals surface area contributed by atoms with Crippen LogP contribution in [0.1, 0.15) is 23.6 Å². The Labute approximate surface area is 117 Å².